The van der Waals surface area contributed by atoms with E-state index in [1.54, 1.807) is 31.3 Å². The molecule has 0 saturated heterocycles. The van der Waals surface area contributed by atoms with Crippen LogP contribution in [-0.2, 0) is 11.8 Å². The Hall–Kier alpha value is -2.34. The van der Waals surface area contributed by atoms with Crippen molar-refractivity contribution in [2.75, 3.05) is 12.4 Å². The molecule has 0 bridgehead atoms. The Bertz CT molecular complexity index is 649. The third kappa shape index (κ3) is 2.80. The minimum Gasteiger partial charge on any atom is -0.464 e. The molecular formula is C13H12ClN3O3. The SMILES string of the molecule is COC(=O)c1c(NC(=O)c2ccc(Cl)cc2)cnn1C. The Morgan fingerprint density at radius 2 is 1.95 bits per heavy atom. The zero-order valence-corrected chi connectivity index (χ0v) is 11.6. The number of halogens is 1. The molecule has 20 heavy (non-hydrogen) atoms. The number of methoxy groups -OCH3 is 1. The fourth-order valence-corrected chi connectivity index (χ4v) is 1.79. The molecule has 0 atom stereocenters. The zero-order chi connectivity index (χ0) is 14.7. The van der Waals surface area contributed by atoms with E-state index in [-0.39, 0.29) is 11.6 Å². The van der Waals surface area contributed by atoms with Gasteiger partial charge in [-0.05, 0) is 24.3 Å². The van der Waals surface area contributed by atoms with Crippen LogP contribution < -0.4 is 5.32 Å². The summed E-state index contributed by atoms with van der Waals surface area (Å²) < 4.78 is 5.99. The summed E-state index contributed by atoms with van der Waals surface area (Å²) in [6, 6.07) is 6.40. The lowest BCUT2D eigenvalue weighted by Crippen LogP contribution is -2.16. The van der Waals surface area contributed by atoms with Crippen LogP contribution in [-0.4, -0.2) is 28.8 Å². The molecule has 1 aromatic heterocycles. The number of aromatic nitrogens is 2. The van der Waals surface area contributed by atoms with Crippen LogP contribution in [0.3, 0.4) is 0 Å². The van der Waals surface area contributed by atoms with Gasteiger partial charge in [0, 0.05) is 17.6 Å². The molecule has 0 saturated carbocycles. The van der Waals surface area contributed by atoms with Crippen molar-refractivity contribution >= 4 is 29.2 Å². The van der Waals surface area contributed by atoms with Gasteiger partial charge in [0.2, 0.25) is 0 Å². The van der Waals surface area contributed by atoms with Crippen molar-refractivity contribution in [3.05, 3.63) is 46.7 Å². The van der Waals surface area contributed by atoms with Crippen molar-refractivity contribution in [2.45, 2.75) is 0 Å². The fraction of sp³-hybridized carbons (Fsp3) is 0.154. The van der Waals surface area contributed by atoms with Gasteiger partial charge in [0.05, 0.1) is 19.0 Å². The highest BCUT2D eigenvalue weighted by Crippen LogP contribution is 2.17. The molecule has 0 unspecified atom stereocenters. The quantitative estimate of drug-likeness (QED) is 0.880. The maximum atomic E-state index is 12.1. The summed E-state index contributed by atoms with van der Waals surface area (Å²) in [5, 5.41) is 7.08. The van der Waals surface area contributed by atoms with E-state index in [1.807, 2.05) is 0 Å². The lowest BCUT2D eigenvalue weighted by Gasteiger charge is -2.06. The number of nitrogens with one attached hydrogen (secondary N) is 1. The molecule has 0 aliphatic carbocycles. The predicted molar refractivity (Wildman–Crippen MR) is 74.0 cm³/mol. The molecule has 0 aliphatic heterocycles. The van der Waals surface area contributed by atoms with Gasteiger partial charge in [-0.3, -0.25) is 9.48 Å². The molecule has 2 rings (SSSR count). The fourth-order valence-electron chi connectivity index (χ4n) is 1.66. The largest absolute Gasteiger partial charge is 0.464 e. The highest BCUT2D eigenvalue weighted by molar-refractivity contribution is 6.30. The summed E-state index contributed by atoms with van der Waals surface area (Å²) >= 11 is 5.76. The van der Waals surface area contributed by atoms with Crippen LogP contribution in [0.25, 0.3) is 0 Å². The van der Waals surface area contributed by atoms with Crippen LogP contribution >= 0.6 is 11.6 Å². The van der Waals surface area contributed by atoms with Gasteiger partial charge in [0.25, 0.3) is 5.91 Å². The third-order valence-electron chi connectivity index (χ3n) is 2.67. The van der Waals surface area contributed by atoms with Crippen LogP contribution in [0.4, 0.5) is 5.69 Å². The van der Waals surface area contributed by atoms with Gasteiger partial charge in [0.15, 0.2) is 5.69 Å². The number of rotatable bonds is 3. The first-order valence-corrected chi connectivity index (χ1v) is 6.08. The Morgan fingerprint density at radius 3 is 2.55 bits per heavy atom. The monoisotopic (exact) mass is 293 g/mol. The number of hydrogen-bond acceptors (Lipinski definition) is 4. The average Bonchev–Trinajstić information content (AvgIpc) is 2.79. The third-order valence-corrected chi connectivity index (χ3v) is 2.92. The number of carbonyl (C=O) groups excluding carboxylic acids is 2. The van der Waals surface area contributed by atoms with Gasteiger partial charge in [-0.2, -0.15) is 5.10 Å². The van der Waals surface area contributed by atoms with E-state index in [0.29, 0.717) is 16.3 Å². The molecule has 1 N–H and O–H groups in total. The van der Waals surface area contributed by atoms with Crippen molar-refractivity contribution in [2.24, 2.45) is 7.05 Å². The molecule has 6 nitrogen and oxygen atoms in total. The van der Waals surface area contributed by atoms with E-state index in [9.17, 15) is 9.59 Å². The Kier molecular flexibility index (Phi) is 4.05. The smallest absolute Gasteiger partial charge is 0.358 e. The standard InChI is InChI=1S/C13H12ClN3O3/c1-17-11(13(19)20-2)10(7-15-17)16-12(18)8-3-5-9(14)6-4-8/h3-7H,1-2H3,(H,16,18). The number of benzene rings is 1. The Labute approximate surface area is 120 Å². The lowest BCUT2D eigenvalue weighted by molar-refractivity contribution is 0.0589. The van der Waals surface area contributed by atoms with Crippen molar-refractivity contribution in [1.82, 2.24) is 9.78 Å². The zero-order valence-electron chi connectivity index (χ0n) is 10.9. The maximum Gasteiger partial charge on any atom is 0.358 e. The highest BCUT2D eigenvalue weighted by Gasteiger charge is 2.19. The minimum absolute atomic E-state index is 0.176. The summed E-state index contributed by atoms with van der Waals surface area (Å²) in [5.41, 5.74) is 0.892. The van der Waals surface area contributed by atoms with E-state index in [4.69, 9.17) is 11.6 Å². The van der Waals surface area contributed by atoms with Crippen LogP contribution in [0.2, 0.25) is 5.02 Å². The first-order chi connectivity index (χ1) is 9.52. The number of nitrogens with zero attached hydrogens (tertiary/aromatic N) is 2. The van der Waals surface area contributed by atoms with Crippen LogP contribution in [0.1, 0.15) is 20.8 Å². The van der Waals surface area contributed by atoms with Gasteiger partial charge >= 0.3 is 5.97 Å². The number of carbonyl (C=O) groups is 2. The van der Waals surface area contributed by atoms with Crippen LogP contribution in [0.5, 0.6) is 0 Å². The summed E-state index contributed by atoms with van der Waals surface area (Å²) in [5.74, 6) is -0.934. The van der Waals surface area contributed by atoms with Gasteiger partial charge in [0.1, 0.15) is 0 Å². The molecule has 1 heterocycles. The molecule has 0 radical (unpaired) electrons. The van der Waals surface area contributed by atoms with Gasteiger partial charge in [-0.15, -0.1) is 0 Å². The maximum absolute atomic E-state index is 12.1. The number of aryl methyl sites for hydroxylation is 1. The summed E-state index contributed by atoms with van der Waals surface area (Å²) in [4.78, 5) is 23.7. The van der Waals surface area contributed by atoms with Crippen LogP contribution in [0, 0.1) is 0 Å². The molecule has 0 spiro atoms. The van der Waals surface area contributed by atoms with Crippen molar-refractivity contribution in [1.29, 1.82) is 0 Å². The molecule has 1 aromatic carbocycles. The molecule has 2 aromatic rings. The van der Waals surface area contributed by atoms with Crippen molar-refractivity contribution in [3.8, 4) is 0 Å². The lowest BCUT2D eigenvalue weighted by atomic mass is 10.2. The van der Waals surface area contributed by atoms with Gasteiger partial charge < -0.3 is 10.1 Å². The highest BCUT2D eigenvalue weighted by atomic mass is 35.5. The van der Waals surface area contributed by atoms with Crippen LogP contribution in [0.15, 0.2) is 30.5 Å². The first kappa shape index (κ1) is 14.1. The van der Waals surface area contributed by atoms with E-state index in [2.05, 4.69) is 15.2 Å². The number of anilines is 1. The van der Waals surface area contributed by atoms with E-state index in [1.165, 1.54) is 18.0 Å². The molecule has 1 amide bonds. The average molecular weight is 294 g/mol. The minimum atomic E-state index is -0.573. The number of hydrogen-bond donors (Lipinski definition) is 1. The second-order valence-corrected chi connectivity index (χ2v) is 4.42. The molecule has 7 heteroatoms. The number of amides is 1. The second kappa shape index (κ2) is 5.75. The van der Waals surface area contributed by atoms with Gasteiger partial charge in [-0.1, -0.05) is 11.6 Å². The number of ether oxygens (including phenoxy) is 1. The Morgan fingerprint density at radius 1 is 1.30 bits per heavy atom. The summed E-state index contributed by atoms with van der Waals surface area (Å²) in [7, 11) is 2.85. The predicted octanol–water partition coefficient (Wildman–Crippen LogP) is 2.11. The van der Waals surface area contributed by atoms with Crippen molar-refractivity contribution < 1.29 is 14.3 Å². The van der Waals surface area contributed by atoms with E-state index >= 15 is 0 Å². The molecular weight excluding hydrogens is 282 g/mol. The van der Waals surface area contributed by atoms with E-state index in [0.717, 1.165) is 0 Å². The van der Waals surface area contributed by atoms with Crippen molar-refractivity contribution in [3.63, 3.8) is 0 Å². The first-order valence-electron chi connectivity index (χ1n) is 5.70. The topological polar surface area (TPSA) is 73.2 Å². The van der Waals surface area contributed by atoms with Gasteiger partial charge in [-0.25, -0.2) is 4.79 Å². The summed E-state index contributed by atoms with van der Waals surface area (Å²) in [6.07, 6.45) is 1.39. The molecule has 0 aliphatic rings. The molecule has 104 valence electrons. The summed E-state index contributed by atoms with van der Waals surface area (Å²) in [6.45, 7) is 0. The van der Waals surface area contributed by atoms with E-state index < -0.39 is 5.97 Å². The number of esters is 1. The Balaban J connectivity index is 2.24. The molecule has 0 fully saturated rings. The second-order valence-electron chi connectivity index (χ2n) is 3.98. The normalized spacial score (nSPS) is 10.2.